The van der Waals surface area contributed by atoms with E-state index in [1.165, 1.54) is 25.1 Å². The van der Waals surface area contributed by atoms with E-state index in [1.54, 1.807) is 6.07 Å². The Hall–Kier alpha value is -2.44. The molecule has 2 atom stereocenters. The van der Waals surface area contributed by atoms with Crippen LogP contribution in [0.25, 0.3) is 0 Å². The highest BCUT2D eigenvalue weighted by Crippen LogP contribution is 2.11. The third-order valence-electron chi connectivity index (χ3n) is 4.04. The molecule has 6 nitrogen and oxygen atoms in total. The summed E-state index contributed by atoms with van der Waals surface area (Å²) in [5.41, 5.74) is 0.274. The van der Waals surface area contributed by atoms with Gasteiger partial charge in [0.1, 0.15) is 17.9 Å². The highest BCUT2D eigenvalue weighted by atomic mass is 19.1. The number of unbranched alkanes of at least 4 members (excludes halogenated alkanes) is 3. The number of amides is 2. The molecule has 0 spiro atoms. The molecule has 0 aliphatic carbocycles. The van der Waals surface area contributed by atoms with Gasteiger partial charge in [-0.15, -0.1) is 0 Å². The van der Waals surface area contributed by atoms with E-state index >= 15 is 0 Å². The number of aliphatic carboxylic acids is 1. The Morgan fingerprint density at radius 2 is 1.77 bits per heavy atom. The maximum Gasteiger partial charge on any atom is 0.326 e. The molecule has 0 aliphatic rings. The molecule has 1 aromatic rings. The molecule has 144 valence electrons. The van der Waals surface area contributed by atoms with Gasteiger partial charge >= 0.3 is 5.97 Å². The molecule has 0 aromatic heterocycles. The van der Waals surface area contributed by atoms with Gasteiger partial charge in [-0.2, -0.15) is 0 Å². The lowest BCUT2D eigenvalue weighted by molar-refractivity contribution is -0.142. The highest BCUT2D eigenvalue weighted by Gasteiger charge is 2.26. The topological polar surface area (TPSA) is 95.5 Å². The van der Waals surface area contributed by atoms with Gasteiger partial charge in [0.15, 0.2) is 0 Å². The lowest BCUT2D eigenvalue weighted by atomic mass is 10.0. The molecule has 0 saturated heterocycles. The van der Waals surface area contributed by atoms with Crippen molar-refractivity contribution >= 4 is 17.8 Å². The second-order valence-electron chi connectivity index (χ2n) is 6.30. The number of nitrogens with one attached hydrogen (secondary N) is 2. The summed E-state index contributed by atoms with van der Waals surface area (Å²) in [5, 5.41) is 14.2. The van der Waals surface area contributed by atoms with E-state index in [2.05, 4.69) is 17.6 Å². The quantitative estimate of drug-likeness (QED) is 0.524. The molecular weight excluding hydrogens is 339 g/mol. The Balaban J connectivity index is 2.78. The zero-order valence-corrected chi connectivity index (χ0v) is 15.3. The summed E-state index contributed by atoms with van der Waals surface area (Å²) < 4.78 is 13.8. The van der Waals surface area contributed by atoms with Gasteiger partial charge < -0.3 is 15.7 Å². The first-order valence-electron chi connectivity index (χ1n) is 8.88. The molecule has 0 aliphatic heterocycles. The zero-order chi connectivity index (χ0) is 19.5. The number of carbonyl (C=O) groups excluding carboxylic acids is 2. The molecule has 0 fully saturated rings. The first-order chi connectivity index (χ1) is 12.3. The molecule has 26 heavy (non-hydrogen) atoms. The van der Waals surface area contributed by atoms with Crippen LogP contribution < -0.4 is 10.6 Å². The van der Waals surface area contributed by atoms with Crippen molar-refractivity contribution in [2.75, 3.05) is 0 Å². The van der Waals surface area contributed by atoms with Crippen LogP contribution >= 0.6 is 0 Å². The normalized spacial score (nSPS) is 12.9. The molecule has 3 N–H and O–H groups in total. The van der Waals surface area contributed by atoms with Crippen molar-refractivity contribution < 1.29 is 23.9 Å². The number of carboxylic acid groups (broad SMARTS) is 1. The van der Waals surface area contributed by atoms with Crippen molar-refractivity contribution in [3.05, 3.63) is 35.6 Å². The summed E-state index contributed by atoms with van der Waals surface area (Å²) in [6.07, 6.45) is 3.86. The third kappa shape index (κ3) is 7.63. The minimum Gasteiger partial charge on any atom is -0.480 e. The van der Waals surface area contributed by atoms with Crippen LogP contribution in [-0.4, -0.2) is 35.0 Å². The molecule has 1 aromatic carbocycles. The second-order valence-corrected chi connectivity index (χ2v) is 6.30. The van der Waals surface area contributed by atoms with Crippen molar-refractivity contribution in [2.45, 2.75) is 64.5 Å². The minimum absolute atomic E-state index is 0.0553. The summed E-state index contributed by atoms with van der Waals surface area (Å²) in [7, 11) is 0. The van der Waals surface area contributed by atoms with Crippen LogP contribution in [0.1, 0.15) is 51.5 Å². The summed E-state index contributed by atoms with van der Waals surface area (Å²) in [5.74, 6) is -2.69. The molecule has 0 unspecified atom stereocenters. The molecule has 7 heteroatoms. The fourth-order valence-electron chi connectivity index (χ4n) is 2.64. The summed E-state index contributed by atoms with van der Waals surface area (Å²) in [6, 6.07) is 3.89. The monoisotopic (exact) mass is 366 g/mol. The van der Waals surface area contributed by atoms with E-state index in [-0.39, 0.29) is 12.0 Å². The lowest BCUT2D eigenvalue weighted by Crippen LogP contribution is -2.52. The van der Waals surface area contributed by atoms with Crippen LogP contribution in [0.3, 0.4) is 0 Å². The van der Waals surface area contributed by atoms with E-state index in [0.717, 1.165) is 19.3 Å². The number of carboxylic acids is 1. The highest BCUT2D eigenvalue weighted by molar-refractivity contribution is 5.90. The molecule has 2 amide bonds. The van der Waals surface area contributed by atoms with E-state index < -0.39 is 35.7 Å². The number of hydrogen-bond donors (Lipinski definition) is 3. The van der Waals surface area contributed by atoms with Crippen LogP contribution in [0.2, 0.25) is 0 Å². The number of carbonyl (C=O) groups is 3. The number of rotatable bonds is 11. The summed E-state index contributed by atoms with van der Waals surface area (Å²) >= 11 is 0. The van der Waals surface area contributed by atoms with Gasteiger partial charge in [0, 0.05) is 13.3 Å². The first kappa shape index (κ1) is 21.6. The average molecular weight is 366 g/mol. The van der Waals surface area contributed by atoms with Crippen LogP contribution in [0.4, 0.5) is 4.39 Å². The van der Waals surface area contributed by atoms with Crippen molar-refractivity contribution in [3.63, 3.8) is 0 Å². The molecule has 1 rings (SSSR count). The largest absolute Gasteiger partial charge is 0.480 e. The van der Waals surface area contributed by atoms with Gasteiger partial charge in [0.2, 0.25) is 11.8 Å². The molecule has 0 radical (unpaired) electrons. The van der Waals surface area contributed by atoms with Gasteiger partial charge in [-0.1, -0.05) is 50.8 Å². The van der Waals surface area contributed by atoms with Crippen molar-refractivity contribution in [1.29, 1.82) is 0 Å². The third-order valence-corrected chi connectivity index (χ3v) is 4.04. The van der Waals surface area contributed by atoms with Crippen LogP contribution in [0, 0.1) is 5.82 Å². The van der Waals surface area contributed by atoms with Crippen LogP contribution in [0.15, 0.2) is 24.3 Å². The minimum atomic E-state index is -1.12. The average Bonchev–Trinajstić information content (AvgIpc) is 2.58. The lowest BCUT2D eigenvalue weighted by Gasteiger charge is -2.21. The van der Waals surface area contributed by atoms with Crippen LogP contribution in [-0.2, 0) is 20.8 Å². The van der Waals surface area contributed by atoms with Crippen LogP contribution in [0.5, 0.6) is 0 Å². The molecule has 0 bridgehead atoms. The summed E-state index contributed by atoms with van der Waals surface area (Å²) in [4.78, 5) is 35.3. The van der Waals surface area contributed by atoms with Crippen molar-refractivity contribution in [3.8, 4) is 0 Å². The predicted octanol–water partition coefficient (Wildman–Crippen LogP) is 2.41. The number of halogens is 1. The van der Waals surface area contributed by atoms with Crippen molar-refractivity contribution in [1.82, 2.24) is 10.6 Å². The van der Waals surface area contributed by atoms with Crippen molar-refractivity contribution in [2.24, 2.45) is 0 Å². The van der Waals surface area contributed by atoms with E-state index in [9.17, 15) is 23.9 Å². The zero-order valence-electron chi connectivity index (χ0n) is 15.3. The SMILES string of the molecule is CCCCCC[C@H](NC(=O)[C@H](Cc1ccccc1F)NC(C)=O)C(=O)O. The Labute approximate surface area is 153 Å². The Kier molecular flexibility index (Phi) is 9.33. The Morgan fingerprint density at radius 1 is 1.08 bits per heavy atom. The van der Waals surface area contributed by atoms with Gasteiger partial charge in [0.25, 0.3) is 0 Å². The van der Waals surface area contributed by atoms with E-state index in [0.29, 0.717) is 12.8 Å². The Morgan fingerprint density at radius 3 is 2.35 bits per heavy atom. The standard InChI is InChI=1S/C19H27FN2O4/c1-3-4-5-6-11-16(19(25)26)22-18(24)17(21-13(2)23)12-14-9-7-8-10-15(14)20/h7-10,16-17H,3-6,11-12H2,1-2H3,(H,21,23)(H,22,24)(H,25,26)/t16-,17-/m0/s1. The maximum absolute atomic E-state index is 13.8. The van der Waals surface area contributed by atoms with Gasteiger partial charge in [0.05, 0.1) is 0 Å². The first-order valence-corrected chi connectivity index (χ1v) is 8.88. The van der Waals surface area contributed by atoms with E-state index in [1.807, 2.05) is 0 Å². The van der Waals surface area contributed by atoms with E-state index in [4.69, 9.17) is 0 Å². The molecule has 0 heterocycles. The fourth-order valence-corrected chi connectivity index (χ4v) is 2.64. The Bertz CT molecular complexity index is 621. The maximum atomic E-state index is 13.8. The van der Waals surface area contributed by atoms with Gasteiger partial charge in [-0.3, -0.25) is 9.59 Å². The number of benzene rings is 1. The molecular formula is C19H27FN2O4. The fraction of sp³-hybridized carbons (Fsp3) is 0.526. The summed E-state index contributed by atoms with van der Waals surface area (Å²) in [6.45, 7) is 3.30. The van der Waals surface area contributed by atoms with Gasteiger partial charge in [-0.25, -0.2) is 9.18 Å². The number of hydrogen-bond acceptors (Lipinski definition) is 3. The predicted molar refractivity (Wildman–Crippen MR) is 96.0 cm³/mol. The smallest absolute Gasteiger partial charge is 0.326 e. The molecule has 0 saturated carbocycles. The van der Waals surface area contributed by atoms with Gasteiger partial charge in [-0.05, 0) is 18.1 Å². The second kappa shape index (κ2) is 11.2.